The number of halogens is 4. The normalized spacial score (nSPS) is 19.9. The minimum Gasteiger partial charge on any atom is -0.468 e. The van der Waals surface area contributed by atoms with Crippen LogP contribution in [-0.2, 0) is 26.0 Å². The number of rotatable bonds is 4. The molecule has 2 heterocycles. The number of piperidine rings is 1. The van der Waals surface area contributed by atoms with Gasteiger partial charge >= 0.3 is 5.97 Å². The number of sulfonamides is 1. The van der Waals surface area contributed by atoms with E-state index in [1.54, 1.807) is 22.9 Å². The van der Waals surface area contributed by atoms with Crippen molar-refractivity contribution in [2.75, 3.05) is 20.2 Å². The first-order chi connectivity index (χ1) is 17.1. The van der Waals surface area contributed by atoms with E-state index in [-0.39, 0.29) is 25.9 Å². The first-order valence-electron chi connectivity index (χ1n) is 10.8. The van der Waals surface area contributed by atoms with Gasteiger partial charge in [0.25, 0.3) is 0 Å². The summed E-state index contributed by atoms with van der Waals surface area (Å²) in [6.07, 6.45) is 3.46. The lowest BCUT2D eigenvalue weighted by atomic mass is 9.69. The molecule has 0 N–H and O–H groups in total. The van der Waals surface area contributed by atoms with Gasteiger partial charge in [0, 0.05) is 13.1 Å². The van der Waals surface area contributed by atoms with Crippen LogP contribution in [0.4, 0.5) is 17.6 Å². The van der Waals surface area contributed by atoms with E-state index in [4.69, 9.17) is 4.74 Å². The fraction of sp³-hybridized carbons (Fsp3) is 0.250. The van der Waals surface area contributed by atoms with Gasteiger partial charge in [0.15, 0.2) is 17.5 Å². The SMILES string of the molecule is COC(=O)[C@]12Cc3cnn(-c4ccc(F)cc4)c3C=C1CCN(S(=O)(=O)c1cc(F)c(F)c(F)c1)C2. The third-order valence-electron chi connectivity index (χ3n) is 6.62. The number of fused-ring (bicyclic) bond motifs is 2. The van der Waals surface area contributed by atoms with Gasteiger partial charge in [-0.1, -0.05) is 0 Å². The number of ether oxygens (including phenoxy) is 1. The van der Waals surface area contributed by atoms with Crippen molar-refractivity contribution in [2.45, 2.75) is 17.7 Å². The molecule has 188 valence electrons. The van der Waals surface area contributed by atoms with Gasteiger partial charge in [-0.25, -0.2) is 30.7 Å². The zero-order valence-corrected chi connectivity index (χ0v) is 19.7. The Kier molecular flexibility index (Phi) is 5.75. The van der Waals surface area contributed by atoms with E-state index < -0.39 is 49.6 Å². The van der Waals surface area contributed by atoms with Gasteiger partial charge in [-0.05, 0) is 66.5 Å². The minimum absolute atomic E-state index is 0.0557. The van der Waals surface area contributed by atoms with Crippen LogP contribution in [0.3, 0.4) is 0 Å². The number of nitrogens with zero attached hydrogens (tertiary/aromatic N) is 3. The van der Waals surface area contributed by atoms with Gasteiger partial charge in [0.1, 0.15) is 11.2 Å². The van der Waals surface area contributed by atoms with Crippen LogP contribution in [0.2, 0.25) is 0 Å². The van der Waals surface area contributed by atoms with Crippen LogP contribution < -0.4 is 0 Å². The molecule has 3 aromatic rings. The molecule has 2 aliphatic rings. The molecule has 5 rings (SSSR count). The number of methoxy groups -OCH3 is 1. The second-order valence-electron chi connectivity index (χ2n) is 8.65. The third-order valence-corrected chi connectivity index (χ3v) is 8.45. The molecule has 0 saturated carbocycles. The molecule has 0 radical (unpaired) electrons. The summed E-state index contributed by atoms with van der Waals surface area (Å²) in [6, 6.07) is 6.52. The van der Waals surface area contributed by atoms with E-state index in [1.165, 1.54) is 25.4 Å². The number of carbonyl (C=O) groups is 1. The van der Waals surface area contributed by atoms with Crippen LogP contribution in [0.15, 0.2) is 53.1 Å². The van der Waals surface area contributed by atoms with Crippen LogP contribution in [0.1, 0.15) is 17.7 Å². The first kappa shape index (κ1) is 24.2. The molecule has 1 aromatic heterocycles. The summed E-state index contributed by atoms with van der Waals surface area (Å²) in [5.74, 6) is -6.13. The summed E-state index contributed by atoms with van der Waals surface area (Å²) in [6.45, 7) is -0.441. The molecule has 0 unspecified atom stereocenters. The van der Waals surface area contributed by atoms with E-state index in [1.807, 2.05) is 0 Å². The van der Waals surface area contributed by atoms with Crippen LogP contribution in [0.5, 0.6) is 0 Å². The largest absolute Gasteiger partial charge is 0.468 e. The molecule has 2 aromatic carbocycles. The summed E-state index contributed by atoms with van der Waals surface area (Å²) < 4.78 is 88.4. The highest BCUT2D eigenvalue weighted by molar-refractivity contribution is 7.89. The van der Waals surface area contributed by atoms with Crippen molar-refractivity contribution in [1.82, 2.24) is 14.1 Å². The Morgan fingerprint density at radius 2 is 1.75 bits per heavy atom. The Morgan fingerprint density at radius 1 is 1.08 bits per heavy atom. The van der Waals surface area contributed by atoms with Crippen molar-refractivity contribution in [3.8, 4) is 5.69 Å². The number of esters is 1. The molecule has 0 spiro atoms. The van der Waals surface area contributed by atoms with E-state index in [0.29, 0.717) is 34.7 Å². The summed E-state index contributed by atoms with van der Waals surface area (Å²) in [5.41, 5.74) is 1.09. The Balaban J connectivity index is 1.55. The predicted molar refractivity (Wildman–Crippen MR) is 119 cm³/mol. The van der Waals surface area contributed by atoms with E-state index in [9.17, 15) is 30.8 Å². The van der Waals surface area contributed by atoms with Crippen LogP contribution >= 0.6 is 0 Å². The van der Waals surface area contributed by atoms with Gasteiger partial charge < -0.3 is 4.74 Å². The summed E-state index contributed by atoms with van der Waals surface area (Å²) in [4.78, 5) is 12.3. The quantitative estimate of drug-likeness (QED) is 0.298. The van der Waals surface area contributed by atoms with Crippen molar-refractivity contribution in [2.24, 2.45) is 5.41 Å². The number of hydrogen-bond donors (Lipinski definition) is 0. The molecule has 1 aliphatic carbocycles. The fourth-order valence-corrected chi connectivity index (χ4v) is 6.33. The zero-order valence-electron chi connectivity index (χ0n) is 18.8. The molecule has 1 aliphatic heterocycles. The highest BCUT2D eigenvalue weighted by Crippen LogP contribution is 2.46. The maximum atomic E-state index is 13.8. The number of benzene rings is 2. The second-order valence-corrected chi connectivity index (χ2v) is 10.6. The maximum Gasteiger partial charge on any atom is 0.317 e. The molecule has 0 amide bonds. The van der Waals surface area contributed by atoms with Gasteiger partial charge in [0.05, 0.1) is 29.6 Å². The zero-order chi connectivity index (χ0) is 25.8. The Bertz CT molecular complexity index is 1500. The highest BCUT2D eigenvalue weighted by atomic mass is 32.2. The standard InChI is InChI=1S/C24H19F4N3O4S/c1-35-23(32)24-11-14-12-29-31(17-4-2-16(25)3-5-17)21(14)8-15(24)6-7-30(13-24)36(33,34)18-9-19(26)22(28)20(27)10-18/h2-5,8-10,12H,6-7,11,13H2,1H3/t24-/m0/s1. The second kappa shape index (κ2) is 8.56. The number of carbonyl (C=O) groups excluding carboxylic acids is 1. The molecule has 7 nitrogen and oxygen atoms in total. The predicted octanol–water partition coefficient (Wildman–Crippen LogP) is 3.62. The lowest BCUT2D eigenvalue weighted by Gasteiger charge is -2.43. The number of hydrogen-bond acceptors (Lipinski definition) is 5. The Labute approximate surface area is 203 Å². The van der Waals surface area contributed by atoms with E-state index in [2.05, 4.69) is 5.10 Å². The van der Waals surface area contributed by atoms with Crippen molar-refractivity contribution >= 4 is 22.1 Å². The average molecular weight is 521 g/mol. The maximum absolute atomic E-state index is 13.8. The smallest absolute Gasteiger partial charge is 0.317 e. The van der Waals surface area contributed by atoms with Gasteiger partial charge in [0.2, 0.25) is 10.0 Å². The van der Waals surface area contributed by atoms with Crippen molar-refractivity contribution in [3.05, 3.63) is 82.7 Å². The molecule has 1 atom stereocenters. The average Bonchev–Trinajstić information content (AvgIpc) is 3.27. The summed E-state index contributed by atoms with van der Waals surface area (Å²) in [5, 5.41) is 4.36. The summed E-state index contributed by atoms with van der Waals surface area (Å²) >= 11 is 0. The van der Waals surface area contributed by atoms with Crippen molar-refractivity contribution in [1.29, 1.82) is 0 Å². The fourth-order valence-electron chi connectivity index (χ4n) is 4.80. The number of aromatic nitrogens is 2. The molecular formula is C24H19F4N3O4S. The topological polar surface area (TPSA) is 81.5 Å². The van der Waals surface area contributed by atoms with Crippen LogP contribution in [-0.4, -0.2) is 48.7 Å². The third kappa shape index (κ3) is 3.71. The Hall–Kier alpha value is -3.51. The summed E-state index contributed by atoms with van der Waals surface area (Å²) in [7, 11) is -3.29. The van der Waals surface area contributed by atoms with Crippen LogP contribution in [0, 0.1) is 28.7 Å². The molecule has 12 heteroatoms. The Morgan fingerprint density at radius 3 is 2.39 bits per heavy atom. The highest BCUT2D eigenvalue weighted by Gasteiger charge is 2.52. The van der Waals surface area contributed by atoms with Gasteiger partial charge in [-0.3, -0.25) is 4.79 Å². The first-order valence-corrected chi connectivity index (χ1v) is 12.3. The monoisotopic (exact) mass is 521 g/mol. The minimum atomic E-state index is -4.48. The van der Waals surface area contributed by atoms with E-state index >= 15 is 0 Å². The molecule has 36 heavy (non-hydrogen) atoms. The van der Waals surface area contributed by atoms with Crippen molar-refractivity contribution in [3.63, 3.8) is 0 Å². The van der Waals surface area contributed by atoms with Crippen molar-refractivity contribution < 1.29 is 35.5 Å². The molecule has 0 bridgehead atoms. The van der Waals surface area contributed by atoms with E-state index in [0.717, 1.165) is 4.31 Å². The van der Waals surface area contributed by atoms with Gasteiger partial charge in [-0.15, -0.1) is 0 Å². The molecule has 1 fully saturated rings. The van der Waals surface area contributed by atoms with Gasteiger partial charge in [-0.2, -0.15) is 9.40 Å². The lowest BCUT2D eigenvalue weighted by Crippen LogP contribution is -2.53. The lowest BCUT2D eigenvalue weighted by molar-refractivity contribution is -0.151. The van der Waals surface area contributed by atoms with Crippen LogP contribution in [0.25, 0.3) is 11.8 Å². The molecule has 1 saturated heterocycles. The molecular weight excluding hydrogens is 502 g/mol.